The highest BCUT2D eigenvalue weighted by Gasteiger charge is 2.01. The summed E-state index contributed by atoms with van der Waals surface area (Å²) in [6, 6.07) is 17.9. The van der Waals surface area contributed by atoms with Crippen LogP contribution >= 0.6 is 15.9 Å². The monoisotopic (exact) mass is 377 g/mol. The van der Waals surface area contributed by atoms with Gasteiger partial charge < -0.3 is 14.8 Å². The normalized spacial score (nSPS) is 10.1. The lowest BCUT2D eigenvalue weighted by molar-refractivity contribution is 0.148. The number of benzene rings is 2. The summed E-state index contributed by atoms with van der Waals surface area (Å²) < 4.78 is 10.8. The Morgan fingerprint density at radius 2 is 1.74 bits per heavy atom. The highest BCUT2D eigenvalue weighted by atomic mass is 79.9. The summed E-state index contributed by atoms with van der Waals surface area (Å²) in [5.41, 5.74) is 2.24. The molecule has 0 heterocycles. The van der Waals surface area contributed by atoms with E-state index in [1.165, 1.54) is 0 Å². The lowest BCUT2D eigenvalue weighted by atomic mass is 10.1. The van der Waals surface area contributed by atoms with Gasteiger partial charge in [-0.15, -0.1) is 0 Å². The second-order valence-corrected chi connectivity index (χ2v) is 5.71. The molecule has 1 amide bonds. The van der Waals surface area contributed by atoms with Crippen molar-refractivity contribution >= 4 is 22.0 Å². The molecule has 0 aromatic heterocycles. The number of amides is 1. The van der Waals surface area contributed by atoms with E-state index in [9.17, 15) is 4.79 Å². The van der Waals surface area contributed by atoms with Crippen LogP contribution in [0.2, 0.25) is 0 Å². The van der Waals surface area contributed by atoms with E-state index in [1.807, 2.05) is 54.6 Å². The van der Waals surface area contributed by atoms with Crippen molar-refractivity contribution in [1.82, 2.24) is 5.32 Å². The maximum atomic E-state index is 11.3. The van der Waals surface area contributed by atoms with Gasteiger partial charge in [-0.1, -0.05) is 58.4 Å². The van der Waals surface area contributed by atoms with Crippen LogP contribution in [0.15, 0.2) is 54.6 Å². The van der Waals surface area contributed by atoms with Gasteiger partial charge in [0, 0.05) is 18.3 Å². The Labute approximate surface area is 144 Å². The first-order valence-electron chi connectivity index (χ1n) is 7.50. The van der Waals surface area contributed by atoms with E-state index >= 15 is 0 Å². The molecule has 4 nitrogen and oxygen atoms in total. The Hall–Kier alpha value is -2.01. The Morgan fingerprint density at radius 1 is 1.00 bits per heavy atom. The lowest BCUT2D eigenvalue weighted by Gasteiger charge is -2.08. The number of carbonyl (C=O) groups is 1. The highest BCUT2D eigenvalue weighted by Crippen LogP contribution is 2.14. The number of hydrogen-bond donors (Lipinski definition) is 1. The van der Waals surface area contributed by atoms with E-state index in [1.54, 1.807) is 0 Å². The van der Waals surface area contributed by atoms with Crippen molar-refractivity contribution < 1.29 is 14.3 Å². The zero-order chi connectivity index (χ0) is 16.3. The summed E-state index contributed by atoms with van der Waals surface area (Å²) >= 11 is 3.23. The van der Waals surface area contributed by atoms with Crippen molar-refractivity contribution in [1.29, 1.82) is 0 Å². The number of alkyl halides is 1. The zero-order valence-corrected chi connectivity index (χ0v) is 14.4. The van der Waals surface area contributed by atoms with Crippen molar-refractivity contribution in [2.75, 3.05) is 18.5 Å². The summed E-state index contributed by atoms with van der Waals surface area (Å²) in [4.78, 5) is 11.3. The number of halogens is 1. The molecule has 2 aromatic rings. The molecular formula is C18H20BrNO3. The first-order chi connectivity index (χ1) is 11.3. The van der Waals surface area contributed by atoms with E-state index in [2.05, 4.69) is 21.2 Å². The fourth-order valence-electron chi connectivity index (χ4n) is 1.96. The van der Waals surface area contributed by atoms with E-state index < -0.39 is 0 Å². The summed E-state index contributed by atoms with van der Waals surface area (Å²) in [6.45, 7) is 1.47. The van der Waals surface area contributed by atoms with Gasteiger partial charge in [-0.25, -0.2) is 4.79 Å². The summed E-state index contributed by atoms with van der Waals surface area (Å²) in [6.07, 6.45) is 0.299. The van der Waals surface area contributed by atoms with E-state index in [-0.39, 0.29) is 6.09 Å². The third-order valence-electron chi connectivity index (χ3n) is 3.16. The molecule has 0 saturated heterocycles. The van der Waals surface area contributed by atoms with Crippen LogP contribution in [-0.4, -0.2) is 24.6 Å². The molecule has 0 bridgehead atoms. The maximum absolute atomic E-state index is 11.3. The number of carbonyl (C=O) groups excluding carboxylic acids is 1. The van der Waals surface area contributed by atoms with Crippen LogP contribution in [0.4, 0.5) is 4.79 Å². The van der Waals surface area contributed by atoms with Gasteiger partial charge in [0.15, 0.2) is 0 Å². The molecule has 0 aliphatic rings. The summed E-state index contributed by atoms with van der Waals surface area (Å²) in [5.74, 6) is 0.827. The Bertz CT molecular complexity index is 587. The van der Waals surface area contributed by atoms with Crippen LogP contribution in [-0.2, 0) is 17.8 Å². The second-order valence-electron chi connectivity index (χ2n) is 4.92. The minimum Gasteiger partial charge on any atom is -0.489 e. The summed E-state index contributed by atoms with van der Waals surface area (Å²) in [7, 11) is 0. The molecular weight excluding hydrogens is 358 g/mol. The van der Waals surface area contributed by atoms with E-state index in [4.69, 9.17) is 9.47 Å². The molecule has 122 valence electrons. The van der Waals surface area contributed by atoms with Crippen LogP contribution in [0.5, 0.6) is 5.75 Å². The third kappa shape index (κ3) is 6.74. The second kappa shape index (κ2) is 9.90. The van der Waals surface area contributed by atoms with Gasteiger partial charge in [0.05, 0.1) is 6.61 Å². The van der Waals surface area contributed by atoms with Crippen LogP contribution in [0.1, 0.15) is 11.1 Å². The van der Waals surface area contributed by atoms with Crippen LogP contribution in [0, 0.1) is 0 Å². The molecule has 2 rings (SSSR count). The first kappa shape index (κ1) is 17.3. The predicted molar refractivity (Wildman–Crippen MR) is 94.1 cm³/mol. The van der Waals surface area contributed by atoms with Gasteiger partial charge in [0.25, 0.3) is 0 Å². The van der Waals surface area contributed by atoms with Crippen LogP contribution in [0.3, 0.4) is 0 Å². The Morgan fingerprint density at radius 3 is 2.43 bits per heavy atom. The standard InChI is InChI=1S/C18H20BrNO3/c19-11-12-20-18(21)22-13-10-15-6-8-17(9-7-15)23-14-16-4-2-1-3-5-16/h1-9H,10-14H2,(H,20,21). The van der Waals surface area contributed by atoms with Crippen LogP contribution in [0.25, 0.3) is 0 Å². The van der Waals surface area contributed by atoms with Gasteiger partial charge >= 0.3 is 6.09 Å². The number of ether oxygens (including phenoxy) is 2. The van der Waals surface area contributed by atoms with Gasteiger partial charge in [0.1, 0.15) is 12.4 Å². The molecule has 0 aliphatic carbocycles. The largest absolute Gasteiger partial charge is 0.489 e. The number of rotatable bonds is 8. The van der Waals surface area contributed by atoms with Gasteiger partial charge in [-0.3, -0.25) is 0 Å². The van der Waals surface area contributed by atoms with Crippen molar-refractivity contribution in [3.63, 3.8) is 0 Å². The highest BCUT2D eigenvalue weighted by molar-refractivity contribution is 9.09. The fourth-order valence-corrected chi connectivity index (χ4v) is 2.15. The fraction of sp³-hybridized carbons (Fsp3) is 0.278. The molecule has 0 fully saturated rings. The Kier molecular flexibility index (Phi) is 7.46. The van der Waals surface area contributed by atoms with Gasteiger partial charge in [0.2, 0.25) is 0 Å². The topological polar surface area (TPSA) is 47.6 Å². The molecule has 5 heteroatoms. The van der Waals surface area contributed by atoms with Crippen molar-refractivity contribution in [3.05, 3.63) is 65.7 Å². The third-order valence-corrected chi connectivity index (χ3v) is 3.56. The molecule has 0 radical (unpaired) electrons. The zero-order valence-electron chi connectivity index (χ0n) is 12.8. The Balaban J connectivity index is 1.71. The molecule has 0 spiro atoms. The summed E-state index contributed by atoms with van der Waals surface area (Å²) in [5, 5.41) is 3.35. The smallest absolute Gasteiger partial charge is 0.407 e. The molecule has 0 atom stereocenters. The molecule has 0 unspecified atom stereocenters. The van der Waals surface area contributed by atoms with Crippen molar-refractivity contribution in [2.24, 2.45) is 0 Å². The van der Waals surface area contributed by atoms with E-state index in [0.717, 1.165) is 16.9 Å². The van der Waals surface area contributed by atoms with Crippen LogP contribution < -0.4 is 10.1 Å². The van der Waals surface area contributed by atoms with Crippen molar-refractivity contribution in [2.45, 2.75) is 13.0 Å². The quantitative estimate of drug-likeness (QED) is 0.708. The molecule has 0 saturated carbocycles. The average Bonchev–Trinajstić information content (AvgIpc) is 2.60. The molecule has 0 aliphatic heterocycles. The van der Waals surface area contributed by atoms with Gasteiger partial charge in [-0.2, -0.15) is 0 Å². The number of nitrogens with one attached hydrogen (secondary N) is 1. The van der Waals surface area contributed by atoms with Gasteiger partial charge in [-0.05, 0) is 23.3 Å². The minimum absolute atomic E-state index is 0.359. The molecule has 23 heavy (non-hydrogen) atoms. The SMILES string of the molecule is O=C(NCCBr)OCCc1ccc(OCc2ccccc2)cc1. The van der Waals surface area contributed by atoms with Crippen molar-refractivity contribution in [3.8, 4) is 5.75 Å². The average molecular weight is 378 g/mol. The lowest BCUT2D eigenvalue weighted by Crippen LogP contribution is -2.26. The van der Waals surface area contributed by atoms with E-state index in [0.29, 0.717) is 31.5 Å². The predicted octanol–water partition coefficient (Wildman–Crippen LogP) is 3.93. The number of alkyl carbamates (subject to hydrolysis) is 1. The maximum Gasteiger partial charge on any atom is 0.407 e. The molecule has 2 aromatic carbocycles. The number of hydrogen-bond acceptors (Lipinski definition) is 3. The first-order valence-corrected chi connectivity index (χ1v) is 8.62. The minimum atomic E-state index is -0.382. The molecule has 1 N–H and O–H groups in total.